The van der Waals surface area contributed by atoms with E-state index in [1.807, 2.05) is 18.2 Å². The second kappa shape index (κ2) is 6.40. The van der Waals surface area contributed by atoms with Crippen LogP contribution in [0.3, 0.4) is 0 Å². The van der Waals surface area contributed by atoms with E-state index >= 15 is 0 Å². The van der Waals surface area contributed by atoms with Crippen molar-refractivity contribution in [2.45, 2.75) is 26.2 Å². The molecule has 1 aliphatic heterocycles. The molecule has 126 valence electrons. The molecule has 1 atom stereocenters. The number of phenols is 1. The number of nitrogens with zero attached hydrogens (tertiary/aromatic N) is 3. The molecule has 1 aliphatic carbocycles. The van der Waals surface area contributed by atoms with Crippen molar-refractivity contribution in [1.29, 1.82) is 0 Å². The molecule has 1 aromatic carbocycles. The highest BCUT2D eigenvalue weighted by atomic mass is 16.5. The maximum atomic E-state index is 10.2. The average Bonchev–Trinajstić information content (AvgIpc) is 2.62. The fourth-order valence-electron chi connectivity index (χ4n) is 3.59. The van der Waals surface area contributed by atoms with Gasteiger partial charge >= 0.3 is 0 Å². The third kappa shape index (κ3) is 2.84. The molecule has 5 heteroatoms. The summed E-state index contributed by atoms with van der Waals surface area (Å²) < 4.78 is 5.50. The lowest BCUT2D eigenvalue weighted by Crippen LogP contribution is -2.38. The monoisotopic (exact) mass is 325 g/mol. The summed E-state index contributed by atoms with van der Waals surface area (Å²) in [6.07, 6.45) is 3.17. The predicted octanol–water partition coefficient (Wildman–Crippen LogP) is 2.81. The lowest BCUT2D eigenvalue weighted by Gasteiger charge is -2.32. The standard InChI is InChI=1S/C19H23N3O2/c1-13-6-7-16-15(12-13)19(22-8-10-24-11-9-22)21-18(20-16)14-4-2-3-5-17(14)23/h2-5,13,23H,6-12H2,1H3. The van der Waals surface area contributed by atoms with E-state index in [1.54, 1.807) is 6.07 Å². The molecular formula is C19H23N3O2. The van der Waals surface area contributed by atoms with E-state index in [0.717, 1.165) is 57.1 Å². The van der Waals surface area contributed by atoms with Crippen LogP contribution in [-0.4, -0.2) is 41.4 Å². The summed E-state index contributed by atoms with van der Waals surface area (Å²) in [5.41, 5.74) is 3.13. The molecule has 5 nitrogen and oxygen atoms in total. The molecule has 24 heavy (non-hydrogen) atoms. The van der Waals surface area contributed by atoms with Crippen LogP contribution in [0.5, 0.6) is 5.75 Å². The van der Waals surface area contributed by atoms with E-state index in [2.05, 4.69) is 11.8 Å². The zero-order valence-corrected chi connectivity index (χ0v) is 14.0. The van der Waals surface area contributed by atoms with Crippen molar-refractivity contribution in [3.8, 4) is 17.1 Å². The highest BCUT2D eigenvalue weighted by Gasteiger charge is 2.26. The maximum Gasteiger partial charge on any atom is 0.165 e. The largest absolute Gasteiger partial charge is 0.507 e. The Bertz CT molecular complexity index is 741. The number of para-hydroxylation sites is 1. The van der Waals surface area contributed by atoms with Crippen molar-refractivity contribution in [3.05, 3.63) is 35.5 Å². The number of hydrogen-bond acceptors (Lipinski definition) is 5. The molecule has 0 bridgehead atoms. The number of aryl methyl sites for hydroxylation is 1. The topological polar surface area (TPSA) is 58.5 Å². The van der Waals surface area contributed by atoms with Crippen molar-refractivity contribution in [2.24, 2.45) is 5.92 Å². The number of benzene rings is 1. The molecular weight excluding hydrogens is 302 g/mol. The van der Waals surface area contributed by atoms with Gasteiger partial charge in [-0.1, -0.05) is 19.1 Å². The summed E-state index contributed by atoms with van der Waals surface area (Å²) in [6.45, 7) is 5.49. The molecule has 1 saturated heterocycles. The van der Waals surface area contributed by atoms with Crippen LogP contribution in [-0.2, 0) is 17.6 Å². The Balaban J connectivity index is 1.83. The molecule has 1 fully saturated rings. The van der Waals surface area contributed by atoms with Gasteiger partial charge < -0.3 is 14.7 Å². The van der Waals surface area contributed by atoms with E-state index in [4.69, 9.17) is 14.7 Å². The molecule has 1 aromatic heterocycles. The van der Waals surface area contributed by atoms with Crippen molar-refractivity contribution < 1.29 is 9.84 Å². The van der Waals surface area contributed by atoms with Crippen LogP contribution in [0.4, 0.5) is 5.82 Å². The Labute approximate surface area is 142 Å². The second-order valence-electron chi connectivity index (χ2n) is 6.76. The van der Waals surface area contributed by atoms with Gasteiger partial charge in [-0.05, 0) is 37.3 Å². The van der Waals surface area contributed by atoms with E-state index in [9.17, 15) is 5.11 Å². The van der Waals surface area contributed by atoms with Crippen LogP contribution in [0, 0.1) is 5.92 Å². The molecule has 2 heterocycles. The summed E-state index contributed by atoms with van der Waals surface area (Å²) in [4.78, 5) is 12.0. The molecule has 1 N–H and O–H groups in total. The van der Waals surface area contributed by atoms with Crippen LogP contribution in [0.15, 0.2) is 24.3 Å². The molecule has 0 saturated carbocycles. The van der Waals surface area contributed by atoms with Gasteiger partial charge in [-0.3, -0.25) is 0 Å². The average molecular weight is 325 g/mol. The number of hydrogen-bond donors (Lipinski definition) is 1. The van der Waals surface area contributed by atoms with Gasteiger partial charge in [-0.15, -0.1) is 0 Å². The van der Waals surface area contributed by atoms with E-state index < -0.39 is 0 Å². The van der Waals surface area contributed by atoms with Crippen molar-refractivity contribution in [3.63, 3.8) is 0 Å². The van der Waals surface area contributed by atoms with Gasteiger partial charge in [0.05, 0.1) is 18.8 Å². The third-order valence-corrected chi connectivity index (χ3v) is 4.95. The third-order valence-electron chi connectivity index (χ3n) is 4.95. The second-order valence-corrected chi connectivity index (χ2v) is 6.76. The minimum atomic E-state index is 0.231. The normalized spacial score (nSPS) is 20.7. The van der Waals surface area contributed by atoms with Crippen molar-refractivity contribution in [2.75, 3.05) is 31.2 Å². The van der Waals surface area contributed by atoms with E-state index in [-0.39, 0.29) is 5.75 Å². The Kier molecular flexibility index (Phi) is 4.10. The molecule has 4 rings (SSSR count). The molecule has 0 radical (unpaired) electrons. The number of aromatic nitrogens is 2. The highest BCUT2D eigenvalue weighted by molar-refractivity contribution is 5.66. The summed E-state index contributed by atoms with van der Waals surface area (Å²) >= 11 is 0. The molecule has 0 spiro atoms. The lowest BCUT2D eigenvalue weighted by molar-refractivity contribution is 0.122. The first-order valence-electron chi connectivity index (χ1n) is 8.73. The maximum absolute atomic E-state index is 10.2. The first-order valence-corrected chi connectivity index (χ1v) is 8.73. The Morgan fingerprint density at radius 3 is 2.75 bits per heavy atom. The number of rotatable bonds is 2. The SMILES string of the molecule is CC1CCc2nc(-c3ccccc3O)nc(N3CCOCC3)c2C1. The molecule has 2 aliphatic rings. The summed E-state index contributed by atoms with van der Waals surface area (Å²) in [6, 6.07) is 7.30. The number of anilines is 1. The highest BCUT2D eigenvalue weighted by Crippen LogP contribution is 2.35. The molecule has 2 aromatic rings. The van der Waals surface area contributed by atoms with Gasteiger partial charge in [-0.2, -0.15) is 0 Å². The molecule has 0 amide bonds. The van der Waals surface area contributed by atoms with E-state index in [1.165, 1.54) is 5.56 Å². The Hall–Kier alpha value is -2.14. The van der Waals surface area contributed by atoms with Crippen molar-refractivity contribution >= 4 is 5.82 Å². The van der Waals surface area contributed by atoms with Crippen LogP contribution in [0.25, 0.3) is 11.4 Å². The number of fused-ring (bicyclic) bond motifs is 1. The Morgan fingerprint density at radius 1 is 1.17 bits per heavy atom. The fraction of sp³-hybridized carbons (Fsp3) is 0.474. The minimum Gasteiger partial charge on any atom is -0.507 e. The van der Waals surface area contributed by atoms with Gasteiger partial charge in [0.25, 0.3) is 0 Å². The zero-order chi connectivity index (χ0) is 16.5. The first-order chi connectivity index (χ1) is 11.7. The quantitative estimate of drug-likeness (QED) is 0.920. The number of aromatic hydroxyl groups is 1. The fourth-order valence-corrected chi connectivity index (χ4v) is 3.59. The van der Waals surface area contributed by atoms with Crippen LogP contribution < -0.4 is 4.90 Å². The van der Waals surface area contributed by atoms with Gasteiger partial charge in [0.15, 0.2) is 5.82 Å². The van der Waals surface area contributed by atoms with Crippen LogP contribution in [0.1, 0.15) is 24.6 Å². The lowest BCUT2D eigenvalue weighted by atomic mass is 9.87. The summed E-state index contributed by atoms with van der Waals surface area (Å²) in [5.74, 6) is 2.56. The van der Waals surface area contributed by atoms with Gasteiger partial charge in [0, 0.05) is 24.3 Å². The summed E-state index contributed by atoms with van der Waals surface area (Å²) in [7, 11) is 0. The van der Waals surface area contributed by atoms with Gasteiger partial charge in [-0.25, -0.2) is 9.97 Å². The minimum absolute atomic E-state index is 0.231. The number of ether oxygens (including phenoxy) is 1. The van der Waals surface area contributed by atoms with Gasteiger partial charge in [0.2, 0.25) is 0 Å². The Morgan fingerprint density at radius 2 is 1.96 bits per heavy atom. The van der Waals surface area contributed by atoms with E-state index in [0.29, 0.717) is 17.3 Å². The molecule has 1 unspecified atom stereocenters. The number of morpholine rings is 1. The van der Waals surface area contributed by atoms with Crippen LogP contribution in [0.2, 0.25) is 0 Å². The smallest absolute Gasteiger partial charge is 0.165 e. The van der Waals surface area contributed by atoms with Crippen LogP contribution >= 0.6 is 0 Å². The zero-order valence-electron chi connectivity index (χ0n) is 14.0. The predicted molar refractivity (Wildman–Crippen MR) is 93.4 cm³/mol. The summed E-state index contributed by atoms with van der Waals surface area (Å²) in [5, 5.41) is 10.2. The first kappa shape index (κ1) is 15.4. The van der Waals surface area contributed by atoms with Crippen molar-refractivity contribution in [1.82, 2.24) is 9.97 Å². The number of phenolic OH excluding ortho intramolecular Hbond substituents is 1. The van der Waals surface area contributed by atoms with Gasteiger partial charge in [0.1, 0.15) is 11.6 Å².